The van der Waals surface area contributed by atoms with Crippen molar-refractivity contribution in [1.29, 1.82) is 0 Å². The van der Waals surface area contributed by atoms with E-state index >= 15 is 0 Å². The fourth-order valence-electron chi connectivity index (χ4n) is 3.07. The Morgan fingerprint density at radius 3 is 3.05 bits per heavy atom. The summed E-state index contributed by atoms with van der Waals surface area (Å²) >= 11 is 5.45. The van der Waals surface area contributed by atoms with E-state index in [-0.39, 0.29) is 0 Å². The van der Waals surface area contributed by atoms with Crippen LogP contribution in [0.2, 0.25) is 0 Å². The Balaban J connectivity index is 1.85. The first-order chi connectivity index (χ1) is 9.78. The number of halogens is 1. The molecule has 20 heavy (non-hydrogen) atoms. The normalized spacial score (nSPS) is 18.8. The molecular formula is C16H21BrN2S. The van der Waals surface area contributed by atoms with Crippen molar-refractivity contribution < 1.29 is 0 Å². The number of aryl methyl sites for hydroxylation is 1. The Morgan fingerprint density at radius 2 is 2.30 bits per heavy atom. The van der Waals surface area contributed by atoms with E-state index in [1.807, 2.05) is 11.3 Å². The first-order valence-corrected chi connectivity index (χ1v) is 9.09. The molecular weight excluding hydrogens is 332 g/mol. The molecule has 0 saturated heterocycles. The molecule has 2 heterocycles. The molecule has 4 heteroatoms. The molecule has 1 N–H and O–H groups in total. The monoisotopic (exact) mass is 352 g/mol. The van der Waals surface area contributed by atoms with E-state index in [1.165, 1.54) is 40.6 Å². The molecule has 2 aromatic rings. The van der Waals surface area contributed by atoms with Gasteiger partial charge in [-0.05, 0) is 64.3 Å². The van der Waals surface area contributed by atoms with Gasteiger partial charge in [0.2, 0.25) is 0 Å². The summed E-state index contributed by atoms with van der Waals surface area (Å²) in [6.45, 7) is 4.22. The lowest BCUT2D eigenvalue weighted by Crippen LogP contribution is -2.20. The van der Waals surface area contributed by atoms with Crippen LogP contribution in [0.25, 0.3) is 0 Å². The molecule has 0 radical (unpaired) electrons. The summed E-state index contributed by atoms with van der Waals surface area (Å²) in [6.07, 6.45) is 9.88. The number of nitrogens with one attached hydrogen (secondary N) is 1. The average molecular weight is 353 g/mol. The summed E-state index contributed by atoms with van der Waals surface area (Å²) in [5.41, 5.74) is 3.07. The summed E-state index contributed by atoms with van der Waals surface area (Å²) in [5.74, 6) is 0. The maximum Gasteiger partial charge on any atom is 0.0575 e. The smallest absolute Gasteiger partial charge is 0.0575 e. The lowest BCUT2D eigenvalue weighted by Gasteiger charge is -2.15. The van der Waals surface area contributed by atoms with Gasteiger partial charge >= 0.3 is 0 Å². The third kappa shape index (κ3) is 3.02. The zero-order valence-corrected chi connectivity index (χ0v) is 14.3. The number of nitrogens with zero attached hydrogens (tertiary/aromatic N) is 1. The average Bonchev–Trinajstić information content (AvgIpc) is 2.97. The Labute approximate surface area is 133 Å². The van der Waals surface area contributed by atoms with Crippen LogP contribution in [-0.2, 0) is 13.0 Å². The van der Waals surface area contributed by atoms with Crippen LogP contribution in [0.3, 0.4) is 0 Å². The van der Waals surface area contributed by atoms with Crippen LogP contribution in [0.1, 0.15) is 48.2 Å². The van der Waals surface area contributed by atoms with Gasteiger partial charge in [-0.3, -0.25) is 0 Å². The van der Waals surface area contributed by atoms with Gasteiger partial charge in [0.15, 0.2) is 0 Å². The van der Waals surface area contributed by atoms with Crippen molar-refractivity contribution in [3.8, 4) is 0 Å². The van der Waals surface area contributed by atoms with E-state index in [1.54, 1.807) is 5.56 Å². The highest BCUT2D eigenvalue weighted by atomic mass is 79.9. The van der Waals surface area contributed by atoms with Gasteiger partial charge in [0, 0.05) is 27.8 Å². The maximum absolute atomic E-state index is 3.64. The Hall–Kier alpha value is -0.580. The molecule has 2 nitrogen and oxygen atoms in total. The molecule has 0 aliphatic heterocycles. The van der Waals surface area contributed by atoms with E-state index in [9.17, 15) is 0 Å². The van der Waals surface area contributed by atoms with Crippen LogP contribution < -0.4 is 5.32 Å². The lowest BCUT2D eigenvalue weighted by molar-refractivity contribution is 0.502. The van der Waals surface area contributed by atoms with Crippen molar-refractivity contribution in [3.63, 3.8) is 0 Å². The lowest BCUT2D eigenvalue weighted by atomic mass is 10.0. The largest absolute Gasteiger partial charge is 0.348 e. The zero-order valence-electron chi connectivity index (χ0n) is 11.9. The molecule has 1 aliphatic carbocycles. The summed E-state index contributed by atoms with van der Waals surface area (Å²) in [4.78, 5) is 1.40. The molecule has 0 amide bonds. The second-order valence-corrected chi connectivity index (χ2v) is 7.31. The summed E-state index contributed by atoms with van der Waals surface area (Å²) in [5, 5.41) is 5.79. The van der Waals surface area contributed by atoms with Crippen LogP contribution in [0.5, 0.6) is 0 Å². The van der Waals surface area contributed by atoms with Gasteiger partial charge in [-0.25, -0.2) is 0 Å². The SMILES string of the molecule is CCNC1CCCCc2cn(Cc3sccc3Br)cc21. The van der Waals surface area contributed by atoms with E-state index in [0.29, 0.717) is 6.04 Å². The van der Waals surface area contributed by atoms with Gasteiger partial charge in [-0.1, -0.05) is 13.3 Å². The van der Waals surface area contributed by atoms with Crippen molar-refractivity contribution >= 4 is 27.3 Å². The van der Waals surface area contributed by atoms with Crippen molar-refractivity contribution in [2.75, 3.05) is 6.54 Å². The summed E-state index contributed by atoms with van der Waals surface area (Å²) in [6, 6.07) is 2.68. The Morgan fingerprint density at radius 1 is 1.40 bits per heavy atom. The molecule has 0 aromatic carbocycles. The topological polar surface area (TPSA) is 17.0 Å². The van der Waals surface area contributed by atoms with Gasteiger partial charge < -0.3 is 9.88 Å². The molecule has 1 aliphatic rings. The molecule has 0 bridgehead atoms. The molecule has 0 spiro atoms. The molecule has 1 unspecified atom stereocenters. The van der Waals surface area contributed by atoms with Gasteiger partial charge in [0.1, 0.15) is 0 Å². The molecule has 108 valence electrons. The zero-order chi connectivity index (χ0) is 13.9. The number of hydrogen-bond acceptors (Lipinski definition) is 2. The molecule has 3 rings (SSSR count). The summed E-state index contributed by atoms with van der Waals surface area (Å²) in [7, 11) is 0. The third-order valence-corrected chi connectivity index (χ3v) is 5.94. The number of thiophene rings is 1. The van der Waals surface area contributed by atoms with Crippen molar-refractivity contribution in [2.24, 2.45) is 0 Å². The van der Waals surface area contributed by atoms with E-state index in [4.69, 9.17) is 0 Å². The summed E-state index contributed by atoms with van der Waals surface area (Å²) < 4.78 is 3.59. The predicted molar refractivity (Wildman–Crippen MR) is 89.5 cm³/mol. The van der Waals surface area contributed by atoms with E-state index in [0.717, 1.165) is 13.1 Å². The van der Waals surface area contributed by atoms with Crippen molar-refractivity contribution in [2.45, 2.75) is 45.2 Å². The first-order valence-electron chi connectivity index (χ1n) is 7.41. The second-order valence-electron chi connectivity index (χ2n) is 5.46. The van der Waals surface area contributed by atoms with Crippen molar-refractivity contribution in [3.05, 3.63) is 44.3 Å². The fourth-order valence-corrected chi connectivity index (χ4v) is 4.55. The standard InChI is InChI=1S/C16H21BrN2S/c1-2-18-15-6-4-3-5-12-9-19(10-13(12)15)11-16-14(17)7-8-20-16/h7-10,15,18H,2-6,11H2,1H3. The van der Waals surface area contributed by atoms with Crippen LogP contribution in [0.15, 0.2) is 28.3 Å². The molecule has 2 aromatic heterocycles. The minimum Gasteiger partial charge on any atom is -0.348 e. The van der Waals surface area contributed by atoms with Gasteiger partial charge in [0.05, 0.1) is 6.54 Å². The minimum atomic E-state index is 0.547. The number of rotatable bonds is 4. The first kappa shape index (κ1) is 14.4. The van der Waals surface area contributed by atoms with E-state index < -0.39 is 0 Å². The quantitative estimate of drug-likeness (QED) is 0.786. The van der Waals surface area contributed by atoms with Crippen molar-refractivity contribution in [1.82, 2.24) is 9.88 Å². The third-order valence-electron chi connectivity index (χ3n) is 4.03. The highest BCUT2D eigenvalue weighted by Crippen LogP contribution is 2.31. The molecule has 0 fully saturated rings. The van der Waals surface area contributed by atoms with E-state index in [2.05, 4.69) is 56.6 Å². The second kappa shape index (κ2) is 6.46. The van der Waals surface area contributed by atoms with Gasteiger partial charge in [0.25, 0.3) is 0 Å². The Bertz CT molecular complexity index is 573. The molecule has 1 atom stereocenters. The minimum absolute atomic E-state index is 0.547. The highest BCUT2D eigenvalue weighted by Gasteiger charge is 2.20. The number of hydrogen-bond donors (Lipinski definition) is 1. The predicted octanol–water partition coefficient (Wildman–Crippen LogP) is 4.74. The van der Waals surface area contributed by atoms with Crippen LogP contribution in [0, 0.1) is 0 Å². The Kier molecular flexibility index (Phi) is 4.64. The number of aromatic nitrogens is 1. The van der Waals surface area contributed by atoms with Crippen LogP contribution >= 0.6 is 27.3 Å². The van der Waals surface area contributed by atoms with Crippen LogP contribution in [0.4, 0.5) is 0 Å². The number of fused-ring (bicyclic) bond motifs is 1. The van der Waals surface area contributed by atoms with Crippen LogP contribution in [-0.4, -0.2) is 11.1 Å². The maximum atomic E-state index is 3.64. The van der Waals surface area contributed by atoms with Gasteiger partial charge in [-0.2, -0.15) is 0 Å². The molecule has 0 saturated carbocycles. The fraction of sp³-hybridized carbons (Fsp3) is 0.500. The van der Waals surface area contributed by atoms with Gasteiger partial charge in [-0.15, -0.1) is 11.3 Å². The highest BCUT2D eigenvalue weighted by molar-refractivity contribution is 9.10.